The number of hydrogen-bond donors (Lipinski definition) is 1. The third-order valence-electron chi connectivity index (χ3n) is 2.67. The largest absolute Gasteiger partial charge is 0.383 e. The number of methoxy groups -OCH3 is 1. The Hall–Kier alpha value is -0.960. The second-order valence-corrected chi connectivity index (χ2v) is 7.54. The van der Waals surface area contributed by atoms with Gasteiger partial charge in [0.1, 0.15) is 4.21 Å². The van der Waals surface area contributed by atoms with Crippen LogP contribution >= 0.6 is 11.3 Å². The first-order valence-electron chi connectivity index (χ1n) is 6.17. The van der Waals surface area contributed by atoms with Crippen molar-refractivity contribution in [1.29, 1.82) is 0 Å². The molecule has 1 heterocycles. The molecule has 0 bridgehead atoms. The molecule has 0 aromatic carbocycles. The molecule has 6 nitrogen and oxygen atoms in total. The topological polar surface area (TPSA) is 75.7 Å². The number of ether oxygens (including phenoxy) is 1. The van der Waals surface area contributed by atoms with Crippen LogP contribution in [-0.4, -0.2) is 52.6 Å². The Balaban J connectivity index is 2.51. The molecular formula is C12H20N2O4S2. The molecule has 0 aliphatic heterocycles. The minimum atomic E-state index is -3.48. The molecule has 8 heteroatoms. The predicted octanol–water partition coefficient (Wildman–Crippen LogP) is 0.830. The second kappa shape index (κ2) is 7.72. The summed E-state index contributed by atoms with van der Waals surface area (Å²) in [6, 6.07) is 3.34. The van der Waals surface area contributed by atoms with Gasteiger partial charge in [-0.1, -0.05) is 0 Å². The van der Waals surface area contributed by atoms with Crippen molar-refractivity contribution < 1.29 is 17.9 Å². The first-order chi connectivity index (χ1) is 9.36. The number of nitrogens with one attached hydrogen (secondary N) is 1. The molecule has 0 aliphatic rings. The van der Waals surface area contributed by atoms with E-state index in [-0.39, 0.29) is 12.5 Å². The van der Waals surface area contributed by atoms with Crippen LogP contribution in [0, 0.1) is 6.92 Å². The molecule has 1 rings (SSSR count). The first kappa shape index (κ1) is 17.1. The van der Waals surface area contributed by atoms with Gasteiger partial charge in [0.05, 0.1) is 6.61 Å². The predicted molar refractivity (Wildman–Crippen MR) is 78.4 cm³/mol. The smallest absolute Gasteiger partial charge is 0.250 e. The summed E-state index contributed by atoms with van der Waals surface area (Å²) < 4.78 is 31.7. The van der Waals surface area contributed by atoms with Gasteiger partial charge in [-0.05, 0) is 19.1 Å². The maximum absolute atomic E-state index is 12.0. The standard InChI is InChI=1S/C12H20N2O4S2/c1-10-4-5-12(19-10)20(16,17)13-6-7-14(11(2)15)8-9-18-3/h4-5,13H,6-9H2,1-3H3. The molecule has 0 fully saturated rings. The Morgan fingerprint density at radius 3 is 2.60 bits per heavy atom. The SMILES string of the molecule is COCCN(CCNS(=O)(=O)c1ccc(C)s1)C(C)=O. The molecular weight excluding hydrogens is 300 g/mol. The van der Waals surface area contributed by atoms with E-state index in [1.54, 1.807) is 24.1 Å². The zero-order valence-corrected chi connectivity index (χ0v) is 13.5. The molecule has 1 N–H and O–H groups in total. The lowest BCUT2D eigenvalue weighted by Gasteiger charge is -2.20. The van der Waals surface area contributed by atoms with Crippen LogP contribution in [0.15, 0.2) is 16.3 Å². The van der Waals surface area contributed by atoms with Crippen LogP contribution in [0.1, 0.15) is 11.8 Å². The van der Waals surface area contributed by atoms with Gasteiger partial charge in [-0.15, -0.1) is 11.3 Å². The summed E-state index contributed by atoms with van der Waals surface area (Å²) in [5.41, 5.74) is 0. The molecule has 0 spiro atoms. The zero-order valence-electron chi connectivity index (χ0n) is 11.9. The Morgan fingerprint density at radius 1 is 1.40 bits per heavy atom. The van der Waals surface area contributed by atoms with E-state index in [2.05, 4.69) is 4.72 Å². The van der Waals surface area contributed by atoms with Crippen LogP contribution in [-0.2, 0) is 19.6 Å². The number of thiophene rings is 1. The summed E-state index contributed by atoms with van der Waals surface area (Å²) in [6.07, 6.45) is 0. The van der Waals surface area contributed by atoms with Gasteiger partial charge in [-0.3, -0.25) is 4.79 Å². The number of amides is 1. The molecule has 0 unspecified atom stereocenters. The minimum absolute atomic E-state index is 0.104. The maximum atomic E-state index is 12.0. The van der Waals surface area contributed by atoms with E-state index in [1.165, 1.54) is 18.3 Å². The normalized spacial score (nSPS) is 11.6. The van der Waals surface area contributed by atoms with Gasteiger partial charge in [0, 0.05) is 38.5 Å². The quantitative estimate of drug-likeness (QED) is 0.770. The van der Waals surface area contributed by atoms with Crippen molar-refractivity contribution in [2.45, 2.75) is 18.1 Å². The zero-order chi connectivity index (χ0) is 15.2. The second-order valence-electron chi connectivity index (χ2n) is 4.26. The highest BCUT2D eigenvalue weighted by atomic mass is 32.2. The molecule has 0 saturated heterocycles. The van der Waals surface area contributed by atoms with Crippen molar-refractivity contribution in [2.24, 2.45) is 0 Å². The van der Waals surface area contributed by atoms with Crippen LogP contribution in [0.4, 0.5) is 0 Å². The number of rotatable bonds is 8. The lowest BCUT2D eigenvalue weighted by atomic mass is 10.4. The fourth-order valence-corrected chi connectivity index (χ4v) is 3.92. The van der Waals surface area contributed by atoms with Crippen LogP contribution in [0.25, 0.3) is 0 Å². The molecule has 1 amide bonds. The average molecular weight is 320 g/mol. The lowest BCUT2D eigenvalue weighted by Crippen LogP contribution is -2.39. The van der Waals surface area contributed by atoms with Gasteiger partial charge in [0.15, 0.2) is 0 Å². The molecule has 0 radical (unpaired) electrons. The summed E-state index contributed by atoms with van der Waals surface area (Å²) in [5, 5.41) is 0. The Kier molecular flexibility index (Phi) is 6.60. The van der Waals surface area contributed by atoms with Crippen LogP contribution in [0.3, 0.4) is 0 Å². The fraction of sp³-hybridized carbons (Fsp3) is 0.583. The fourth-order valence-electron chi connectivity index (χ4n) is 1.57. The number of carbonyl (C=O) groups excluding carboxylic acids is 1. The van der Waals surface area contributed by atoms with Crippen LogP contribution < -0.4 is 4.72 Å². The molecule has 1 aromatic heterocycles. The third kappa shape index (κ3) is 5.20. The summed E-state index contributed by atoms with van der Waals surface area (Å²) in [5.74, 6) is -0.104. The van der Waals surface area contributed by atoms with Gasteiger partial charge >= 0.3 is 0 Å². The summed E-state index contributed by atoms with van der Waals surface area (Å²) in [4.78, 5) is 13.9. The lowest BCUT2D eigenvalue weighted by molar-refractivity contribution is -0.129. The van der Waals surface area contributed by atoms with E-state index < -0.39 is 10.0 Å². The molecule has 1 aromatic rings. The van der Waals surface area contributed by atoms with E-state index in [0.29, 0.717) is 23.9 Å². The molecule has 0 saturated carbocycles. The van der Waals surface area contributed by atoms with Crippen molar-refractivity contribution in [3.05, 3.63) is 17.0 Å². The maximum Gasteiger partial charge on any atom is 0.250 e. The molecule has 0 atom stereocenters. The van der Waals surface area contributed by atoms with Crippen LogP contribution in [0.5, 0.6) is 0 Å². The number of sulfonamides is 1. The average Bonchev–Trinajstić information content (AvgIpc) is 2.80. The highest BCUT2D eigenvalue weighted by molar-refractivity contribution is 7.91. The van der Waals surface area contributed by atoms with E-state index in [1.807, 2.05) is 6.92 Å². The summed E-state index contributed by atoms with van der Waals surface area (Å²) in [6.45, 7) is 4.69. The third-order valence-corrected chi connectivity index (χ3v) is 5.62. The first-order valence-corrected chi connectivity index (χ1v) is 8.47. The van der Waals surface area contributed by atoms with E-state index in [4.69, 9.17) is 4.74 Å². The number of carbonyl (C=O) groups is 1. The molecule has 114 valence electrons. The van der Waals surface area contributed by atoms with Gasteiger partial charge < -0.3 is 9.64 Å². The Morgan fingerprint density at radius 2 is 2.10 bits per heavy atom. The number of hydrogen-bond acceptors (Lipinski definition) is 5. The van der Waals surface area contributed by atoms with E-state index in [9.17, 15) is 13.2 Å². The van der Waals surface area contributed by atoms with Crippen molar-refractivity contribution in [1.82, 2.24) is 9.62 Å². The van der Waals surface area contributed by atoms with Gasteiger partial charge in [-0.2, -0.15) is 0 Å². The molecule has 0 aliphatic carbocycles. The number of aryl methyl sites for hydroxylation is 1. The van der Waals surface area contributed by atoms with Crippen molar-refractivity contribution in [2.75, 3.05) is 33.4 Å². The van der Waals surface area contributed by atoms with Gasteiger partial charge in [-0.25, -0.2) is 13.1 Å². The minimum Gasteiger partial charge on any atom is -0.383 e. The van der Waals surface area contributed by atoms with Gasteiger partial charge in [0.2, 0.25) is 15.9 Å². The summed E-state index contributed by atoms with van der Waals surface area (Å²) >= 11 is 1.22. The number of nitrogens with zero attached hydrogens (tertiary/aromatic N) is 1. The summed E-state index contributed by atoms with van der Waals surface area (Å²) in [7, 11) is -1.93. The van der Waals surface area contributed by atoms with Crippen molar-refractivity contribution >= 4 is 27.3 Å². The van der Waals surface area contributed by atoms with E-state index in [0.717, 1.165) is 4.88 Å². The van der Waals surface area contributed by atoms with Crippen LogP contribution in [0.2, 0.25) is 0 Å². The highest BCUT2D eigenvalue weighted by Gasteiger charge is 2.16. The van der Waals surface area contributed by atoms with Crippen molar-refractivity contribution in [3.8, 4) is 0 Å². The Labute approximate surface area is 123 Å². The Bertz CT molecular complexity index is 539. The van der Waals surface area contributed by atoms with Gasteiger partial charge in [0.25, 0.3) is 0 Å². The molecule has 20 heavy (non-hydrogen) atoms. The monoisotopic (exact) mass is 320 g/mol. The van der Waals surface area contributed by atoms with E-state index >= 15 is 0 Å². The highest BCUT2D eigenvalue weighted by Crippen LogP contribution is 2.19. The van der Waals surface area contributed by atoms with Crippen molar-refractivity contribution in [3.63, 3.8) is 0 Å².